The van der Waals surface area contributed by atoms with Crippen molar-refractivity contribution in [2.24, 2.45) is 0 Å². The molecule has 2 aromatic heterocycles. The van der Waals surface area contributed by atoms with Gasteiger partial charge in [-0.25, -0.2) is 26.8 Å². The van der Waals surface area contributed by atoms with Gasteiger partial charge in [-0.15, -0.1) is 22.7 Å². The van der Waals surface area contributed by atoms with Crippen molar-refractivity contribution < 1.29 is 26.4 Å². The van der Waals surface area contributed by atoms with Gasteiger partial charge >= 0.3 is 0 Å². The lowest BCUT2D eigenvalue weighted by Gasteiger charge is -2.24. The molecule has 0 atom stereocenters. The molecule has 0 aliphatic rings. The van der Waals surface area contributed by atoms with E-state index >= 15 is 0 Å². The van der Waals surface area contributed by atoms with Gasteiger partial charge in [0.05, 0.1) is 21.2 Å². The van der Waals surface area contributed by atoms with Gasteiger partial charge < -0.3 is 10.6 Å². The summed E-state index contributed by atoms with van der Waals surface area (Å²) in [6, 6.07) is 12.5. The van der Waals surface area contributed by atoms with E-state index in [-0.39, 0.29) is 20.6 Å². The highest BCUT2D eigenvalue weighted by Crippen LogP contribution is 2.36. The number of hydrogen-bond acceptors (Lipinski definition) is 10. The van der Waals surface area contributed by atoms with Crippen LogP contribution in [0.3, 0.4) is 0 Å². The minimum absolute atomic E-state index is 0.0488. The number of carbonyl (C=O) groups is 2. The van der Waals surface area contributed by atoms with Crippen molar-refractivity contribution in [1.29, 1.82) is 0 Å². The first-order valence-electron chi connectivity index (χ1n) is 16.4. The standard InChI is InChI=1S/C19H26N2O3S2.C18H23ClN2O3S2/c1-12-10-8-9-11-14(12)26(23,24)19(6,7)16(22)21-17-20-13(2)15(25-17)18(3,4)5;1-11-14(17(2,3)4)25-16(20-11)21-15(22)18(5,6)26(23,24)13-9-7-12(19)8-10-13/h8-11H,1-7H3,(H,20,21,22);7-10H,1-6H3,(H,20,21,22). The average Bonchev–Trinajstić information content (AvgIpc) is 3.58. The zero-order valence-electron chi connectivity index (χ0n) is 32.0. The van der Waals surface area contributed by atoms with E-state index in [2.05, 4.69) is 62.1 Å². The van der Waals surface area contributed by atoms with Crippen LogP contribution in [0.2, 0.25) is 5.02 Å². The summed E-state index contributed by atoms with van der Waals surface area (Å²) in [6.45, 7) is 23.5. The summed E-state index contributed by atoms with van der Waals surface area (Å²) in [4.78, 5) is 36.7. The second-order valence-electron chi connectivity index (χ2n) is 15.5. The molecule has 0 fully saturated rings. The number of hydrogen-bond donors (Lipinski definition) is 2. The number of nitrogens with one attached hydrogen (secondary N) is 2. The Balaban J connectivity index is 0.000000280. The number of thiazole rings is 2. The summed E-state index contributed by atoms with van der Waals surface area (Å²) < 4.78 is 48.6. The maximum Gasteiger partial charge on any atom is 0.247 e. The highest BCUT2D eigenvalue weighted by atomic mass is 35.5. The summed E-state index contributed by atoms with van der Waals surface area (Å²) >= 11 is 8.57. The molecule has 284 valence electrons. The van der Waals surface area contributed by atoms with Crippen molar-refractivity contribution >= 4 is 76.0 Å². The third-order valence-corrected chi connectivity index (χ3v) is 16.6. The number of aromatic nitrogens is 2. The van der Waals surface area contributed by atoms with Gasteiger partial charge in [0.1, 0.15) is 9.49 Å². The highest BCUT2D eigenvalue weighted by molar-refractivity contribution is 7.94. The topological polar surface area (TPSA) is 152 Å². The van der Waals surface area contributed by atoms with Crippen LogP contribution in [0.15, 0.2) is 58.3 Å². The number of amides is 2. The number of benzene rings is 2. The zero-order valence-corrected chi connectivity index (χ0v) is 36.0. The highest BCUT2D eigenvalue weighted by Gasteiger charge is 2.45. The molecule has 0 bridgehead atoms. The van der Waals surface area contributed by atoms with E-state index in [1.54, 1.807) is 25.1 Å². The van der Waals surface area contributed by atoms with Crippen LogP contribution < -0.4 is 10.6 Å². The van der Waals surface area contributed by atoms with E-state index in [1.165, 1.54) is 80.7 Å². The summed E-state index contributed by atoms with van der Waals surface area (Å²) in [5.74, 6) is -1.21. The van der Waals surface area contributed by atoms with Crippen LogP contribution in [0.25, 0.3) is 0 Å². The normalized spacial score (nSPS) is 12.9. The van der Waals surface area contributed by atoms with Crippen molar-refractivity contribution in [3.63, 3.8) is 0 Å². The predicted octanol–water partition coefficient (Wildman–Crippen LogP) is 8.84. The molecule has 0 unspecified atom stereocenters. The van der Waals surface area contributed by atoms with Crippen LogP contribution in [-0.2, 0) is 40.1 Å². The van der Waals surface area contributed by atoms with Crippen molar-refractivity contribution in [2.75, 3.05) is 10.6 Å². The molecule has 4 rings (SSSR count). The third kappa shape index (κ3) is 9.12. The molecule has 2 amide bonds. The Kier molecular flexibility index (Phi) is 12.7. The van der Waals surface area contributed by atoms with Crippen molar-refractivity contribution in [1.82, 2.24) is 9.97 Å². The minimum Gasteiger partial charge on any atom is -0.301 e. The molecule has 2 heterocycles. The molecule has 15 heteroatoms. The van der Waals surface area contributed by atoms with Gasteiger partial charge in [-0.3, -0.25) is 9.59 Å². The van der Waals surface area contributed by atoms with Gasteiger partial charge in [-0.1, -0.05) is 71.3 Å². The minimum atomic E-state index is -3.90. The monoisotopic (exact) mass is 808 g/mol. The smallest absolute Gasteiger partial charge is 0.247 e. The summed E-state index contributed by atoms with van der Waals surface area (Å²) in [5.41, 5.74) is 2.10. The van der Waals surface area contributed by atoms with Crippen LogP contribution in [0.4, 0.5) is 10.3 Å². The Morgan fingerprint density at radius 1 is 0.615 bits per heavy atom. The molecular weight excluding hydrogens is 760 g/mol. The average molecular weight is 810 g/mol. The van der Waals surface area contributed by atoms with Crippen LogP contribution in [0, 0.1) is 20.8 Å². The number of carbonyl (C=O) groups excluding carboxylic acids is 2. The summed E-state index contributed by atoms with van der Waals surface area (Å²) in [6.07, 6.45) is 0. The Hall–Kier alpha value is -3.17. The maximum absolute atomic E-state index is 13.1. The lowest BCUT2D eigenvalue weighted by Crippen LogP contribution is -2.44. The van der Waals surface area contributed by atoms with Crippen molar-refractivity contribution in [3.05, 3.63) is 80.3 Å². The largest absolute Gasteiger partial charge is 0.301 e. The number of nitrogens with zero attached hydrogens (tertiary/aromatic N) is 2. The Morgan fingerprint density at radius 2 is 1.00 bits per heavy atom. The number of halogens is 1. The Morgan fingerprint density at radius 3 is 1.37 bits per heavy atom. The van der Waals surface area contributed by atoms with E-state index < -0.39 is 41.0 Å². The lowest BCUT2D eigenvalue weighted by atomic mass is 9.93. The third-order valence-electron chi connectivity index (χ3n) is 8.34. The van der Waals surface area contributed by atoms with Crippen LogP contribution >= 0.6 is 34.3 Å². The van der Waals surface area contributed by atoms with E-state index in [4.69, 9.17) is 11.6 Å². The van der Waals surface area contributed by atoms with Crippen LogP contribution in [0.5, 0.6) is 0 Å². The van der Waals surface area contributed by atoms with Crippen LogP contribution in [-0.4, -0.2) is 48.1 Å². The van der Waals surface area contributed by atoms with Gasteiger partial charge in [0.25, 0.3) is 0 Å². The molecule has 0 aliphatic heterocycles. The van der Waals surface area contributed by atoms with Gasteiger partial charge in [0.2, 0.25) is 11.8 Å². The first-order valence-corrected chi connectivity index (χ1v) is 21.4. The van der Waals surface area contributed by atoms with Gasteiger partial charge in [0, 0.05) is 14.8 Å². The number of sulfone groups is 2. The first kappa shape index (κ1) is 43.2. The number of rotatable bonds is 8. The molecular formula is C37H49ClN4O6S4. The summed E-state index contributed by atoms with van der Waals surface area (Å²) in [5, 5.41) is 6.62. The molecule has 0 saturated heterocycles. The quantitative estimate of drug-likeness (QED) is 0.179. The fourth-order valence-corrected chi connectivity index (χ4v) is 10.2. The second kappa shape index (κ2) is 15.3. The number of anilines is 2. The molecule has 4 aromatic rings. The zero-order chi connectivity index (χ0) is 39.8. The molecule has 0 radical (unpaired) electrons. The molecule has 2 aromatic carbocycles. The molecule has 0 saturated carbocycles. The van der Waals surface area contributed by atoms with Gasteiger partial charge in [-0.2, -0.15) is 0 Å². The fraction of sp³-hybridized carbons (Fsp3) is 0.459. The first-order chi connectivity index (χ1) is 23.5. The van der Waals surface area contributed by atoms with E-state index in [0.717, 1.165) is 21.1 Å². The van der Waals surface area contributed by atoms with Crippen molar-refractivity contribution in [2.45, 2.75) is 120 Å². The molecule has 10 nitrogen and oxygen atoms in total. The SMILES string of the molecule is Cc1ccccc1S(=O)(=O)C(C)(C)C(=O)Nc1nc(C)c(C(C)(C)C)s1.Cc1nc(NC(=O)C(C)(C)S(=O)(=O)c2ccc(Cl)cc2)sc1C(C)(C)C. The second-order valence-corrected chi connectivity index (χ2v) is 22.9. The number of aryl methyl sites for hydroxylation is 3. The lowest BCUT2D eigenvalue weighted by molar-refractivity contribution is -0.118. The Labute approximate surface area is 321 Å². The van der Waals surface area contributed by atoms with Crippen LogP contribution in [0.1, 0.15) is 95.9 Å². The summed E-state index contributed by atoms with van der Waals surface area (Å²) in [7, 11) is -7.76. The molecule has 2 N–H and O–H groups in total. The van der Waals surface area contributed by atoms with E-state index in [9.17, 15) is 26.4 Å². The maximum atomic E-state index is 13.1. The predicted molar refractivity (Wildman–Crippen MR) is 214 cm³/mol. The van der Waals surface area contributed by atoms with Gasteiger partial charge in [0.15, 0.2) is 29.9 Å². The Bertz CT molecular complexity index is 2170. The molecule has 52 heavy (non-hydrogen) atoms. The molecule has 0 spiro atoms. The van der Waals surface area contributed by atoms with E-state index in [0.29, 0.717) is 20.8 Å². The van der Waals surface area contributed by atoms with E-state index in [1.807, 2.05) is 13.8 Å². The van der Waals surface area contributed by atoms with Crippen molar-refractivity contribution in [3.8, 4) is 0 Å². The van der Waals surface area contributed by atoms with Gasteiger partial charge in [-0.05, 0) is 95.2 Å². The fourth-order valence-electron chi connectivity index (χ4n) is 5.07. The molecule has 0 aliphatic carbocycles.